The van der Waals surface area contributed by atoms with Gasteiger partial charge in [-0.15, -0.1) is 0 Å². The highest BCUT2D eigenvalue weighted by Gasteiger charge is 2.05. The molecule has 0 radical (unpaired) electrons. The number of halogens is 2. The second-order valence-corrected chi connectivity index (χ2v) is 3.85. The van der Waals surface area contributed by atoms with Crippen molar-refractivity contribution in [2.24, 2.45) is 0 Å². The molecule has 1 atom stereocenters. The standard InChI is InChI=1S/C11H15ClFNO/c1-8(6-14-2)15-7-9-3-4-10(12)5-11(9)13/h3-5,8,14H,6-7H2,1-2H3. The van der Waals surface area contributed by atoms with Gasteiger partial charge in [0.15, 0.2) is 0 Å². The first-order valence-corrected chi connectivity index (χ1v) is 5.21. The maximum atomic E-state index is 13.3. The lowest BCUT2D eigenvalue weighted by Crippen LogP contribution is -2.23. The van der Waals surface area contributed by atoms with Crippen LogP contribution in [0.3, 0.4) is 0 Å². The lowest BCUT2D eigenvalue weighted by Gasteiger charge is -2.12. The molecule has 15 heavy (non-hydrogen) atoms. The summed E-state index contributed by atoms with van der Waals surface area (Å²) in [6, 6.07) is 4.60. The van der Waals surface area contributed by atoms with Gasteiger partial charge in [-0.25, -0.2) is 4.39 Å². The van der Waals surface area contributed by atoms with Crippen LogP contribution >= 0.6 is 11.6 Å². The summed E-state index contributed by atoms with van der Waals surface area (Å²) in [4.78, 5) is 0. The average molecular weight is 232 g/mol. The predicted octanol–water partition coefficient (Wildman–Crippen LogP) is 2.60. The molecule has 0 heterocycles. The van der Waals surface area contributed by atoms with Gasteiger partial charge in [0.2, 0.25) is 0 Å². The molecule has 0 aliphatic rings. The fraction of sp³-hybridized carbons (Fsp3) is 0.455. The van der Waals surface area contributed by atoms with Crippen LogP contribution in [0, 0.1) is 5.82 Å². The Balaban J connectivity index is 2.50. The van der Waals surface area contributed by atoms with Crippen LogP contribution < -0.4 is 5.32 Å². The Labute approximate surface area is 94.4 Å². The van der Waals surface area contributed by atoms with Crippen LogP contribution in [0.4, 0.5) is 4.39 Å². The largest absolute Gasteiger partial charge is 0.372 e. The first-order valence-electron chi connectivity index (χ1n) is 4.83. The molecule has 1 aromatic rings. The highest BCUT2D eigenvalue weighted by molar-refractivity contribution is 6.30. The number of benzene rings is 1. The summed E-state index contributed by atoms with van der Waals surface area (Å²) in [6.07, 6.45) is 0.0603. The van der Waals surface area contributed by atoms with Gasteiger partial charge in [-0.2, -0.15) is 0 Å². The van der Waals surface area contributed by atoms with E-state index in [4.69, 9.17) is 16.3 Å². The molecule has 4 heteroatoms. The zero-order valence-electron chi connectivity index (χ0n) is 8.89. The topological polar surface area (TPSA) is 21.3 Å². The minimum atomic E-state index is -0.320. The molecule has 2 nitrogen and oxygen atoms in total. The van der Waals surface area contributed by atoms with Crippen LogP contribution in [0.1, 0.15) is 12.5 Å². The molecule has 0 amide bonds. The van der Waals surface area contributed by atoms with Crippen LogP contribution in [0.2, 0.25) is 5.02 Å². The summed E-state index contributed by atoms with van der Waals surface area (Å²) in [6.45, 7) is 2.95. The Kier molecular flexibility index (Phi) is 5.02. The van der Waals surface area contributed by atoms with E-state index in [0.29, 0.717) is 10.6 Å². The second kappa shape index (κ2) is 6.05. The molecule has 0 bridgehead atoms. The average Bonchev–Trinajstić information content (AvgIpc) is 2.17. The van der Waals surface area contributed by atoms with Gasteiger partial charge < -0.3 is 10.1 Å². The van der Waals surface area contributed by atoms with Gasteiger partial charge in [0.25, 0.3) is 0 Å². The quantitative estimate of drug-likeness (QED) is 0.841. The van der Waals surface area contributed by atoms with E-state index in [9.17, 15) is 4.39 Å². The van der Waals surface area contributed by atoms with Crippen LogP contribution in [-0.2, 0) is 11.3 Å². The molecule has 1 aromatic carbocycles. The molecule has 0 aromatic heterocycles. The van der Waals surface area contributed by atoms with Crippen molar-refractivity contribution in [2.45, 2.75) is 19.6 Å². The molecular formula is C11H15ClFNO. The normalized spacial score (nSPS) is 12.8. The van der Waals surface area contributed by atoms with Crippen LogP contribution in [0.15, 0.2) is 18.2 Å². The SMILES string of the molecule is CNCC(C)OCc1ccc(Cl)cc1F. The maximum Gasteiger partial charge on any atom is 0.130 e. The molecule has 1 unspecified atom stereocenters. The molecule has 1 N–H and O–H groups in total. The minimum absolute atomic E-state index is 0.0603. The summed E-state index contributed by atoms with van der Waals surface area (Å²) in [5.74, 6) is -0.320. The molecule has 0 spiro atoms. The van der Waals surface area contributed by atoms with Crippen molar-refractivity contribution < 1.29 is 9.13 Å². The van der Waals surface area contributed by atoms with E-state index in [2.05, 4.69) is 5.32 Å². The van der Waals surface area contributed by atoms with Gasteiger partial charge in [-0.1, -0.05) is 17.7 Å². The van der Waals surface area contributed by atoms with Gasteiger partial charge in [0, 0.05) is 17.1 Å². The highest BCUT2D eigenvalue weighted by Crippen LogP contribution is 2.15. The molecule has 0 saturated heterocycles. The Morgan fingerprint density at radius 3 is 2.87 bits per heavy atom. The monoisotopic (exact) mass is 231 g/mol. The van der Waals surface area contributed by atoms with Gasteiger partial charge in [-0.3, -0.25) is 0 Å². The fourth-order valence-electron chi connectivity index (χ4n) is 1.22. The van der Waals surface area contributed by atoms with E-state index < -0.39 is 0 Å². The predicted molar refractivity (Wildman–Crippen MR) is 59.6 cm³/mol. The Morgan fingerprint density at radius 1 is 1.53 bits per heavy atom. The van der Waals surface area contributed by atoms with Gasteiger partial charge in [-0.05, 0) is 26.1 Å². The Morgan fingerprint density at radius 2 is 2.27 bits per heavy atom. The molecule has 0 aliphatic heterocycles. The first-order chi connectivity index (χ1) is 7.13. The Bertz CT molecular complexity index is 319. The van der Waals surface area contributed by atoms with Crippen molar-refractivity contribution in [3.05, 3.63) is 34.6 Å². The third kappa shape index (κ3) is 4.16. The number of hydrogen-bond acceptors (Lipinski definition) is 2. The Hall–Kier alpha value is -0.640. The van der Waals surface area contributed by atoms with Crippen LogP contribution in [-0.4, -0.2) is 19.7 Å². The summed E-state index contributed by atoms with van der Waals surface area (Å²) < 4.78 is 18.8. The molecule has 84 valence electrons. The minimum Gasteiger partial charge on any atom is -0.372 e. The maximum absolute atomic E-state index is 13.3. The van der Waals surface area contributed by atoms with E-state index in [1.807, 2.05) is 14.0 Å². The number of hydrogen-bond donors (Lipinski definition) is 1. The van der Waals surface area contributed by atoms with E-state index in [1.165, 1.54) is 6.07 Å². The van der Waals surface area contributed by atoms with Crippen LogP contribution in [0.25, 0.3) is 0 Å². The van der Waals surface area contributed by atoms with Crippen molar-refractivity contribution in [1.29, 1.82) is 0 Å². The number of nitrogens with one attached hydrogen (secondary N) is 1. The number of rotatable bonds is 5. The molecule has 0 fully saturated rings. The summed E-state index contributed by atoms with van der Waals surface area (Å²) in [5, 5.41) is 3.39. The zero-order valence-corrected chi connectivity index (χ0v) is 9.64. The van der Waals surface area contributed by atoms with E-state index >= 15 is 0 Å². The second-order valence-electron chi connectivity index (χ2n) is 3.42. The lowest BCUT2D eigenvalue weighted by atomic mass is 10.2. The molecule has 1 rings (SSSR count). The van der Waals surface area contributed by atoms with Crippen LogP contribution in [0.5, 0.6) is 0 Å². The zero-order chi connectivity index (χ0) is 11.3. The van der Waals surface area contributed by atoms with Crippen molar-refractivity contribution >= 4 is 11.6 Å². The van der Waals surface area contributed by atoms with E-state index in [-0.39, 0.29) is 18.5 Å². The number of likely N-dealkylation sites (N-methyl/N-ethyl adjacent to an activating group) is 1. The third-order valence-corrected chi connectivity index (χ3v) is 2.27. The fourth-order valence-corrected chi connectivity index (χ4v) is 1.38. The lowest BCUT2D eigenvalue weighted by molar-refractivity contribution is 0.0528. The molecular weight excluding hydrogens is 217 g/mol. The van der Waals surface area contributed by atoms with E-state index in [0.717, 1.165) is 6.54 Å². The van der Waals surface area contributed by atoms with Crippen molar-refractivity contribution in [2.75, 3.05) is 13.6 Å². The molecule has 0 saturated carbocycles. The highest BCUT2D eigenvalue weighted by atomic mass is 35.5. The third-order valence-electron chi connectivity index (χ3n) is 2.03. The summed E-state index contributed by atoms with van der Waals surface area (Å²) >= 11 is 5.64. The van der Waals surface area contributed by atoms with Gasteiger partial charge >= 0.3 is 0 Å². The van der Waals surface area contributed by atoms with E-state index in [1.54, 1.807) is 12.1 Å². The van der Waals surface area contributed by atoms with Crippen molar-refractivity contribution in [1.82, 2.24) is 5.32 Å². The van der Waals surface area contributed by atoms with Gasteiger partial charge in [0.1, 0.15) is 5.82 Å². The van der Waals surface area contributed by atoms with Crippen molar-refractivity contribution in [3.63, 3.8) is 0 Å². The van der Waals surface area contributed by atoms with Crippen molar-refractivity contribution in [3.8, 4) is 0 Å². The van der Waals surface area contributed by atoms with Gasteiger partial charge in [0.05, 0.1) is 12.7 Å². The summed E-state index contributed by atoms with van der Waals surface area (Å²) in [7, 11) is 1.85. The first kappa shape index (κ1) is 12.4. The molecule has 0 aliphatic carbocycles. The summed E-state index contributed by atoms with van der Waals surface area (Å²) in [5.41, 5.74) is 0.530. The number of ether oxygens (including phenoxy) is 1. The smallest absolute Gasteiger partial charge is 0.130 e.